The maximum Gasteiger partial charge on any atom is 0.231 e. The second-order valence-corrected chi connectivity index (χ2v) is 4.85. The molecule has 1 aromatic carbocycles. The monoisotopic (exact) mass is 290 g/mol. The quantitative estimate of drug-likeness (QED) is 0.881. The second-order valence-electron chi connectivity index (χ2n) is 4.85. The van der Waals surface area contributed by atoms with E-state index in [-0.39, 0.29) is 11.9 Å². The van der Waals surface area contributed by atoms with E-state index in [1.807, 2.05) is 27.1 Å². The van der Waals surface area contributed by atoms with Crippen molar-refractivity contribution < 1.29 is 4.39 Å². The van der Waals surface area contributed by atoms with E-state index in [4.69, 9.17) is 0 Å². The zero-order valence-corrected chi connectivity index (χ0v) is 12.6. The van der Waals surface area contributed by atoms with Crippen LogP contribution >= 0.6 is 0 Å². The summed E-state index contributed by atoms with van der Waals surface area (Å²) in [6.07, 6.45) is 0. The molecule has 2 aromatic rings. The first-order chi connectivity index (χ1) is 9.99. The van der Waals surface area contributed by atoms with Crippen LogP contribution in [0.2, 0.25) is 0 Å². The maximum absolute atomic E-state index is 13.3. The molecule has 7 heteroatoms. The van der Waals surface area contributed by atoms with Crippen LogP contribution < -0.4 is 15.5 Å². The predicted molar refractivity (Wildman–Crippen MR) is 82.1 cm³/mol. The zero-order chi connectivity index (χ0) is 15.4. The highest BCUT2D eigenvalue weighted by Gasteiger charge is 2.11. The summed E-state index contributed by atoms with van der Waals surface area (Å²) in [5, 5.41) is 6.06. The van der Waals surface area contributed by atoms with Crippen molar-refractivity contribution in [3.05, 3.63) is 35.6 Å². The van der Waals surface area contributed by atoms with E-state index in [0.717, 1.165) is 5.56 Å². The molecule has 0 aliphatic rings. The summed E-state index contributed by atoms with van der Waals surface area (Å²) in [6.45, 7) is 1.92. The fraction of sp³-hybridized carbons (Fsp3) is 0.357. The molecule has 0 bridgehead atoms. The maximum atomic E-state index is 13.3. The molecule has 0 saturated carbocycles. The average Bonchev–Trinajstić information content (AvgIpc) is 2.46. The van der Waals surface area contributed by atoms with Crippen molar-refractivity contribution in [1.29, 1.82) is 0 Å². The third-order valence-electron chi connectivity index (χ3n) is 2.94. The third kappa shape index (κ3) is 3.77. The zero-order valence-electron chi connectivity index (χ0n) is 12.6. The van der Waals surface area contributed by atoms with Gasteiger partial charge in [0.2, 0.25) is 17.8 Å². The molecule has 112 valence electrons. The number of nitrogens with zero attached hydrogens (tertiary/aromatic N) is 4. The average molecular weight is 290 g/mol. The first kappa shape index (κ1) is 15.0. The molecule has 1 atom stereocenters. The van der Waals surface area contributed by atoms with Gasteiger partial charge in [-0.15, -0.1) is 0 Å². The lowest BCUT2D eigenvalue weighted by molar-refractivity contribution is 0.623. The van der Waals surface area contributed by atoms with Gasteiger partial charge in [0.25, 0.3) is 0 Å². The van der Waals surface area contributed by atoms with E-state index in [9.17, 15) is 4.39 Å². The minimum atomic E-state index is -0.262. The Hall–Kier alpha value is -2.44. The lowest BCUT2D eigenvalue weighted by Crippen LogP contribution is -2.17. The van der Waals surface area contributed by atoms with E-state index < -0.39 is 0 Å². The highest BCUT2D eigenvalue weighted by molar-refractivity contribution is 5.43. The molecular formula is C14H19FN6. The molecule has 0 aliphatic heterocycles. The number of hydrogen-bond donors (Lipinski definition) is 2. The van der Waals surface area contributed by atoms with E-state index >= 15 is 0 Å². The Bertz CT molecular complexity index is 616. The van der Waals surface area contributed by atoms with Crippen molar-refractivity contribution in [2.75, 3.05) is 36.7 Å². The Balaban J connectivity index is 2.24. The van der Waals surface area contributed by atoms with Crippen molar-refractivity contribution in [1.82, 2.24) is 15.0 Å². The lowest BCUT2D eigenvalue weighted by atomic mass is 10.1. The number of anilines is 3. The SMILES string of the molecule is CNc1nc(NC(C)c2cccc(F)c2)nc(N(C)C)n1. The minimum absolute atomic E-state index is 0.122. The largest absolute Gasteiger partial charge is 0.357 e. The van der Waals surface area contributed by atoms with Gasteiger partial charge in [0.1, 0.15) is 5.82 Å². The summed E-state index contributed by atoms with van der Waals surface area (Å²) in [6, 6.07) is 6.32. The molecule has 0 aliphatic carbocycles. The summed E-state index contributed by atoms with van der Waals surface area (Å²) >= 11 is 0. The second kappa shape index (κ2) is 6.34. The predicted octanol–water partition coefficient (Wildman–Crippen LogP) is 2.29. The number of hydrogen-bond acceptors (Lipinski definition) is 6. The minimum Gasteiger partial charge on any atom is -0.357 e. The summed E-state index contributed by atoms with van der Waals surface area (Å²) in [5.74, 6) is 1.20. The van der Waals surface area contributed by atoms with Gasteiger partial charge in [0, 0.05) is 21.1 Å². The summed E-state index contributed by atoms with van der Waals surface area (Å²) in [4.78, 5) is 14.6. The first-order valence-corrected chi connectivity index (χ1v) is 6.62. The molecule has 0 spiro atoms. The Morgan fingerprint density at radius 3 is 2.48 bits per heavy atom. The summed E-state index contributed by atoms with van der Waals surface area (Å²) < 4.78 is 13.3. The van der Waals surface area contributed by atoms with Crippen LogP contribution in [-0.4, -0.2) is 36.1 Å². The Morgan fingerprint density at radius 2 is 1.86 bits per heavy atom. The van der Waals surface area contributed by atoms with Crippen molar-refractivity contribution in [2.24, 2.45) is 0 Å². The van der Waals surface area contributed by atoms with Gasteiger partial charge in [-0.2, -0.15) is 15.0 Å². The molecule has 2 N–H and O–H groups in total. The van der Waals surface area contributed by atoms with Gasteiger partial charge in [-0.3, -0.25) is 0 Å². The molecule has 1 aromatic heterocycles. The standard InChI is InChI=1S/C14H19FN6/c1-9(10-6-5-7-11(15)8-10)17-13-18-12(16-2)19-14(20-13)21(3)4/h5-9H,1-4H3,(H2,16,17,18,19,20). The van der Waals surface area contributed by atoms with Crippen LogP contribution in [0.15, 0.2) is 24.3 Å². The Labute approximate surface area is 123 Å². The topological polar surface area (TPSA) is 66.0 Å². The number of nitrogens with one attached hydrogen (secondary N) is 2. The molecule has 21 heavy (non-hydrogen) atoms. The summed E-state index contributed by atoms with van der Waals surface area (Å²) in [5.41, 5.74) is 0.827. The molecule has 0 fully saturated rings. The van der Waals surface area contributed by atoms with Crippen LogP contribution in [0.4, 0.5) is 22.2 Å². The molecule has 1 unspecified atom stereocenters. The van der Waals surface area contributed by atoms with Gasteiger partial charge in [-0.25, -0.2) is 4.39 Å². The van der Waals surface area contributed by atoms with Crippen LogP contribution in [0.3, 0.4) is 0 Å². The van der Waals surface area contributed by atoms with Gasteiger partial charge in [-0.05, 0) is 24.6 Å². The molecule has 0 radical (unpaired) electrons. The van der Waals surface area contributed by atoms with Crippen LogP contribution in [0.1, 0.15) is 18.5 Å². The molecule has 6 nitrogen and oxygen atoms in total. The van der Waals surface area contributed by atoms with Crippen molar-refractivity contribution in [3.63, 3.8) is 0 Å². The van der Waals surface area contributed by atoms with Crippen LogP contribution in [0.5, 0.6) is 0 Å². The van der Waals surface area contributed by atoms with E-state index in [1.54, 1.807) is 18.0 Å². The smallest absolute Gasteiger partial charge is 0.231 e. The van der Waals surface area contributed by atoms with Gasteiger partial charge in [0.05, 0.1) is 6.04 Å². The molecule has 1 heterocycles. The Kier molecular flexibility index (Phi) is 4.52. The van der Waals surface area contributed by atoms with Crippen LogP contribution in [0, 0.1) is 5.82 Å². The van der Waals surface area contributed by atoms with Crippen LogP contribution in [-0.2, 0) is 0 Å². The lowest BCUT2D eigenvalue weighted by Gasteiger charge is -2.17. The molecule has 0 amide bonds. The number of halogens is 1. The van der Waals surface area contributed by atoms with E-state index in [2.05, 4.69) is 25.6 Å². The Morgan fingerprint density at radius 1 is 1.14 bits per heavy atom. The summed E-state index contributed by atoms with van der Waals surface area (Å²) in [7, 11) is 5.46. The molecule has 0 saturated heterocycles. The normalized spacial score (nSPS) is 11.9. The molecular weight excluding hydrogens is 271 g/mol. The van der Waals surface area contributed by atoms with E-state index in [1.165, 1.54) is 12.1 Å². The highest BCUT2D eigenvalue weighted by atomic mass is 19.1. The number of rotatable bonds is 5. The van der Waals surface area contributed by atoms with Crippen molar-refractivity contribution in [3.8, 4) is 0 Å². The fourth-order valence-corrected chi connectivity index (χ4v) is 1.79. The first-order valence-electron chi connectivity index (χ1n) is 6.62. The van der Waals surface area contributed by atoms with Gasteiger partial charge >= 0.3 is 0 Å². The molecule has 2 rings (SSSR count). The van der Waals surface area contributed by atoms with Gasteiger partial charge in [0.15, 0.2) is 0 Å². The van der Waals surface area contributed by atoms with Crippen molar-refractivity contribution >= 4 is 17.8 Å². The highest BCUT2D eigenvalue weighted by Crippen LogP contribution is 2.19. The van der Waals surface area contributed by atoms with Gasteiger partial charge in [-0.1, -0.05) is 12.1 Å². The van der Waals surface area contributed by atoms with Crippen LogP contribution in [0.25, 0.3) is 0 Å². The van der Waals surface area contributed by atoms with E-state index in [0.29, 0.717) is 17.8 Å². The number of benzene rings is 1. The number of aromatic nitrogens is 3. The van der Waals surface area contributed by atoms with Gasteiger partial charge < -0.3 is 15.5 Å². The fourth-order valence-electron chi connectivity index (χ4n) is 1.79. The van der Waals surface area contributed by atoms with Crippen molar-refractivity contribution in [2.45, 2.75) is 13.0 Å². The third-order valence-corrected chi connectivity index (χ3v) is 2.94.